The van der Waals surface area contributed by atoms with Gasteiger partial charge in [-0.15, -0.1) is 0 Å². The predicted octanol–water partition coefficient (Wildman–Crippen LogP) is 1.61. The smallest absolute Gasteiger partial charge is 0.226 e. The fourth-order valence-electron chi connectivity index (χ4n) is 2.17. The van der Waals surface area contributed by atoms with E-state index >= 15 is 0 Å². The lowest BCUT2D eigenvalue weighted by Gasteiger charge is -2.12. The molecule has 18 heavy (non-hydrogen) atoms. The molecule has 0 aromatic carbocycles. The van der Waals surface area contributed by atoms with Gasteiger partial charge in [0.2, 0.25) is 5.28 Å². The zero-order chi connectivity index (χ0) is 12.5. The molecule has 1 aliphatic heterocycles. The van der Waals surface area contributed by atoms with Crippen LogP contribution in [0.4, 0.5) is 5.82 Å². The van der Waals surface area contributed by atoms with E-state index in [9.17, 15) is 0 Å². The standard InChI is InChI=1S/C11H14ClN5O/c1-17-6-14-10-8(17)9(15-11(12)16-10)13-5-7-3-2-4-18-7/h6-7H,2-5H2,1H3,(H,13,15,16). The average Bonchev–Trinajstić information content (AvgIpc) is 2.96. The Hall–Kier alpha value is -1.40. The molecule has 0 spiro atoms. The summed E-state index contributed by atoms with van der Waals surface area (Å²) in [6.45, 7) is 1.58. The summed E-state index contributed by atoms with van der Waals surface area (Å²) in [5, 5.41) is 3.48. The molecule has 1 atom stereocenters. The van der Waals surface area contributed by atoms with Gasteiger partial charge in [0.1, 0.15) is 5.52 Å². The highest BCUT2D eigenvalue weighted by Gasteiger charge is 2.17. The number of halogens is 1. The van der Waals surface area contributed by atoms with E-state index < -0.39 is 0 Å². The molecule has 0 bridgehead atoms. The number of imidazole rings is 1. The van der Waals surface area contributed by atoms with Crippen LogP contribution in [-0.2, 0) is 11.8 Å². The Morgan fingerprint density at radius 2 is 2.44 bits per heavy atom. The Kier molecular flexibility index (Phi) is 3.05. The molecular weight excluding hydrogens is 254 g/mol. The Labute approximate surface area is 109 Å². The van der Waals surface area contributed by atoms with Gasteiger partial charge in [-0.3, -0.25) is 0 Å². The Morgan fingerprint density at radius 1 is 1.56 bits per heavy atom. The summed E-state index contributed by atoms with van der Waals surface area (Å²) in [5.74, 6) is 0.709. The summed E-state index contributed by atoms with van der Waals surface area (Å²) in [5.41, 5.74) is 1.46. The van der Waals surface area contributed by atoms with E-state index in [2.05, 4.69) is 20.3 Å². The van der Waals surface area contributed by atoms with Crippen molar-refractivity contribution in [1.29, 1.82) is 0 Å². The van der Waals surface area contributed by atoms with Crippen molar-refractivity contribution in [3.05, 3.63) is 11.6 Å². The number of nitrogens with one attached hydrogen (secondary N) is 1. The molecule has 6 nitrogen and oxygen atoms in total. The minimum Gasteiger partial charge on any atom is -0.376 e. The maximum atomic E-state index is 5.89. The molecule has 2 aromatic heterocycles. The number of anilines is 1. The number of hydrogen-bond acceptors (Lipinski definition) is 5. The van der Waals surface area contributed by atoms with Crippen molar-refractivity contribution in [2.75, 3.05) is 18.5 Å². The zero-order valence-electron chi connectivity index (χ0n) is 10.1. The fourth-order valence-corrected chi connectivity index (χ4v) is 2.33. The van der Waals surface area contributed by atoms with E-state index in [-0.39, 0.29) is 11.4 Å². The van der Waals surface area contributed by atoms with Crippen LogP contribution in [-0.4, -0.2) is 38.8 Å². The molecule has 2 aromatic rings. The average molecular weight is 268 g/mol. The number of fused-ring (bicyclic) bond motifs is 1. The Morgan fingerprint density at radius 3 is 3.22 bits per heavy atom. The third-order valence-electron chi connectivity index (χ3n) is 3.07. The second-order valence-electron chi connectivity index (χ2n) is 4.38. The van der Waals surface area contributed by atoms with Gasteiger partial charge >= 0.3 is 0 Å². The highest BCUT2D eigenvalue weighted by Crippen LogP contribution is 2.21. The largest absolute Gasteiger partial charge is 0.376 e. The van der Waals surface area contributed by atoms with Crippen LogP contribution in [0.15, 0.2) is 6.33 Å². The van der Waals surface area contributed by atoms with E-state index in [4.69, 9.17) is 16.3 Å². The number of rotatable bonds is 3. The van der Waals surface area contributed by atoms with Crippen molar-refractivity contribution in [2.24, 2.45) is 7.05 Å². The summed E-state index contributed by atoms with van der Waals surface area (Å²) in [7, 11) is 1.91. The first kappa shape index (κ1) is 11.7. The van der Waals surface area contributed by atoms with Crippen LogP contribution in [0, 0.1) is 0 Å². The van der Waals surface area contributed by atoms with Gasteiger partial charge in [0.15, 0.2) is 11.5 Å². The van der Waals surface area contributed by atoms with Gasteiger partial charge in [0, 0.05) is 20.2 Å². The Balaban J connectivity index is 1.87. The number of ether oxygens (including phenoxy) is 1. The zero-order valence-corrected chi connectivity index (χ0v) is 10.8. The van der Waals surface area contributed by atoms with Crippen LogP contribution < -0.4 is 5.32 Å². The normalized spacial score (nSPS) is 19.6. The first-order chi connectivity index (χ1) is 8.74. The van der Waals surface area contributed by atoms with Crippen LogP contribution >= 0.6 is 11.6 Å². The lowest BCUT2D eigenvalue weighted by Crippen LogP contribution is -2.19. The third-order valence-corrected chi connectivity index (χ3v) is 3.23. The third kappa shape index (κ3) is 2.13. The quantitative estimate of drug-likeness (QED) is 0.856. The van der Waals surface area contributed by atoms with Crippen molar-refractivity contribution in [3.63, 3.8) is 0 Å². The lowest BCUT2D eigenvalue weighted by atomic mass is 10.2. The van der Waals surface area contributed by atoms with Crippen molar-refractivity contribution < 1.29 is 4.74 Å². The van der Waals surface area contributed by atoms with E-state index in [1.807, 2.05) is 11.6 Å². The monoisotopic (exact) mass is 267 g/mol. The SMILES string of the molecule is Cn1cnc2nc(Cl)nc(NCC3CCCO3)c21. The van der Waals surface area contributed by atoms with Gasteiger partial charge < -0.3 is 14.6 Å². The molecule has 1 N–H and O–H groups in total. The van der Waals surface area contributed by atoms with Gasteiger partial charge in [-0.05, 0) is 24.4 Å². The molecule has 1 fully saturated rings. The van der Waals surface area contributed by atoms with Crippen LogP contribution in [0.25, 0.3) is 11.2 Å². The fraction of sp³-hybridized carbons (Fsp3) is 0.545. The Bertz CT molecular complexity index is 564. The van der Waals surface area contributed by atoms with Crippen LogP contribution in [0.5, 0.6) is 0 Å². The summed E-state index contributed by atoms with van der Waals surface area (Å²) < 4.78 is 7.45. The molecule has 1 saturated heterocycles. The van der Waals surface area contributed by atoms with Gasteiger partial charge in [-0.1, -0.05) is 0 Å². The molecule has 7 heteroatoms. The second kappa shape index (κ2) is 4.70. The minimum atomic E-state index is 0.205. The molecule has 3 rings (SSSR count). The maximum absolute atomic E-state index is 5.89. The van der Waals surface area contributed by atoms with E-state index in [0.29, 0.717) is 11.5 Å². The minimum absolute atomic E-state index is 0.205. The number of aryl methyl sites for hydroxylation is 1. The van der Waals surface area contributed by atoms with Crippen molar-refractivity contribution in [1.82, 2.24) is 19.5 Å². The van der Waals surface area contributed by atoms with Crippen LogP contribution in [0.1, 0.15) is 12.8 Å². The van der Waals surface area contributed by atoms with Gasteiger partial charge in [-0.25, -0.2) is 4.98 Å². The first-order valence-electron chi connectivity index (χ1n) is 5.94. The molecule has 1 aliphatic rings. The second-order valence-corrected chi connectivity index (χ2v) is 4.72. The molecule has 0 radical (unpaired) electrons. The van der Waals surface area contributed by atoms with E-state index in [0.717, 1.165) is 31.5 Å². The predicted molar refractivity (Wildman–Crippen MR) is 68.8 cm³/mol. The number of nitrogens with zero attached hydrogens (tertiary/aromatic N) is 4. The van der Waals surface area contributed by atoms with Gasteiger partial charge in [-0.2, -0.15) is 9.97 Å². The number of aromatic nitrogens is 4. The van der Waals surface area contributed by atoms with E-state index in [1.165, 1.54) is 0 Å². The maximum Gasteiger partial charge on any atom is 0.226 e. The molecule has 1 unspecified atom stereocenters. The molecule has 0 saturated carbocycles. The highest BCUT2D eigenvalue weighted by molar-refractivity contribution is 6.28. The lowest BCUT2D eigenvalue weighted by molar-refractivity contribution is 0.120. The van der Waals surface area contributed by atoms with Crippen molar-refractivity contribution in [3.8, 4) is 0 Å². The summed E-state index contributed by atoms with van der Waals surface area (Å²) in [4.78, 5) is 12.5. The molecule has 3 heterocycles. The highest BCUT2D eigenvalue weighted by atomic mass is 35.5. The number of hydrogen-bond donors (Lipinski definition) is 1. The molecule has 96 valence electrons. The van der Waals surface area contributed by atoms with Gasteiger partial charge in [0.05, 0.1) is 12.4 Å². The van der Waals surface area contributed by atoms with E-state index in [1.54, 1.807) is 6.33 Å². The topological polar surface area (TPSA) is 64.9 Å². The van der Waals surface area contributed by atoms with Crippen LogP contribution in [0.3, 0.4) is 0 Å². The van der Waals surface area contributed by atoms with Crippen LogP contribution in [0.2, 0.25) is 5.28 Å². The van der Waals surface area contributed by atoms with Crippen molar-refractivity contribution in [2.45, 2.75) is 18.9 Å². The van der Waals surface area contributed by atoms with Gasteiger partial charge in [0.25, 0.3) is 0 Å². The molecular formula is C11H14ClN5O. The summed E-state index contributed by atoms with van der Waals surface area (Å²) in [6.07, 6.45) is 4.16. The molecule has 0 amide bonds. The first-order valence-corrected chi connectivity index (χ1v) is 6.32. The molecule has 0 aliphatic carbocycles. The summed E-state index contributed by atoms with van der Waals surface area (Å²) >= 11 is 5.89. The van der Waals surface area contributed by atoms with Crippen molar-refractivity contribution >= 4 is 28.6 Å². The summed E-state index contributed by atoms with van der Waals surface area (Å²) in [6, 6.07) is 0.